The molecule has 0 radical (unpaired) electrons. The lowest BCUT2D eigenvalue weighted by atomic mass is 10.1. The number of nitrogens with zero attached hydrogens (tertiary/aromatic N) is 1. The number of aryl methyl sites for hydroxylation is 2. The number of rotatable bonds is 5. The summed E-state index contributed by atoms with van der Waals surface area (Å²) in [6, 6.07) is 1.38. The SMILES string of the molecule is Cc1cc(C)c(CNC(=O)N[C@@H](C)CN2CCCC2=O)c(=O)[nH]1. The number of amides is 3. The predicted molar refractivity (Wildman–Crippen MR) is 87.2 cm³/mol. The number of likely N-dealkylation sites (tertiary alicyclic amines) is 1. The van der Waals surface area contributed by atoms with Crippen LogP contribution in [0.3, 0.4) is 0 Å². The second-order valence-electron chi connectivity index (χ2n) is 6.11. The molecule has 23 heavy (non-hydrogen) atoms. The first-order valence-corrected chi connectivity index (χ1v) is 7.88. The van der Waals surface area contributed by atoms with Crippen molar-refractivity contribution in [3.63, 3.8) is 0 Å². The lowest BCUT2D eigenvalue weighted by molar-refractivity contribution is -0.127. The van der Waals surface area contributed by atoms with E-state index in [1.54, 1.807) is 4.90 Å². The molecule has 2 heterocycles. The fraction of sp³-hybridized carbons (Fsp3) is 0.562. The van der Waals surface area contributed by atoms with Gasteiger partial charge in [0, 0.05) is 36.8 Å². The molecular formula is C16H24N4O3. The van der Waals surface area contributed by atoms with Crippen LogP contribution in [0.15, 0.2) is 10.9 Å². The van der Waals surface area contributed by atoms with E-state index in [4.69, 9.17) is 0 Å². The van der Waals surface area contributed by atoms with Crippen LogP contribution in [-0.2, 0) is 11.3 Å². The van der Waals surface area contributed by atoms with E-state index in [9.17, 15) is 14.4 Å². The fourth-order valence-electron chi connectivity index (χ4n) is 2.82. The predicted octanol–water partition coefficient (Wildman–Crippen LogP) is 0.802. The van der Waals surface area contributed by atoms with Crippen LogP contribution in [0.5, 0.6) is 0 Å². The number of aromatic nitrogens is 1. The number of pyridine rings is 1. The molecular weight excluding hydrogens is 296 g/mol. The van der Waals surface area contributed by atoms with Crippen molar-refractivity contribution in [3.05, 3.63) is 33.2 Å². The van der Waals surface area contributed by atoms with Crippen molar-refractivity contribution in [1.82, 2.24) is 20.5 Å². The molecule has 1 fully saturated rings. The zero-order chi connectivity index (χ0) is 17.0. The quantitative estimate of drug-likeness (QED) is 0.749. The van der Waals surface area contributed by atoms with Crippen molar-refractivity contribution in [2.45, 2.75) is 46.2 Å². The summed E-state index contributed by atoms with van der Waals surface area (Å²) in [5.74, 6) is 0.140. The van der Waals surface area contributed by atoms with Crippen molar-refractivity contribution in [2.75, 3.05) is 13.1 Å². The molecule has 0 bridgehead atoms. The number of H-pyrrole nitrogens is 1. The Labute approximate surface area is 135 Å². The molecule has 0 unspecified atom stereocenters. The summed E-state index contributed by atoms with van der Waals surface area (Å²) >= 11 is 0. The van der Waals surface area contributed by atoms with E-state index in [0.717, 1.165) is 24.2 Å². The average molecular weight is 320 g/mol. The van der Waals surface area contributed by atoms with Crippen LogP contribution >= 0.6 is 0 Å². The Bertz CT molecular complexity index is 653. The first-order chi connectivity index (χ1) is 10.9. The van der Waals surface area contributed by atoms with Gasteiger partial charge in [-0.15, -0.1) is 0 Å². The second kappa shape index (κ2) is 7.30. The standard InChI is InChI=1S/C16H24N4O3/c1-10-7-11(2)18-15(22)13(10)8-17-16(23)19-12(3)9-20-6-4-5-14(20)21/h7,12H,4-6,8-9H2,1-3H3,(H,18,22)(H2,17,19,23)/t12-/m0/s1. The molecule has 7 heteroatoms. The van der Waals surface area contributed by atoms with E-state index in [0.29, 0.717) is 18.5 Å². The average Bonchev–Trinajstić information content (AvgIpc) is 2.82. The van der Waals surface area contributed by atoms with Crippen LogP contribution in [0.1, 0.15) is 36.6 Å². The number of carbonyl (C=O) groups is 2. The summed E-state index contributed by atoms with van der Waals surface area (Å²) in [5.41, 5.74) is 2.01. The van der Waals surface area contributed by atoms with E-state index < -0.39 is 0 Å². The lowest BCUT2D eigenvalue weighted by Gasteiger charge is -2.21. The minimum Gasteiger partial charge on any atom is -0.341 e. The van der Waals surface area contributed by atoms with Gasteiger partial charge in [0.25, 0.3) is 5.56 Å². The van der Waals surface area contributed by atoms with Gasteiger partial charge in [-0.05, 0) is 38.8 Å². The highest BCUT2D eigenvalue weighted by molar-refractivity contribution is 5.78. The zero-order valence-electron chi connectivity index (χ0n) is 13.9. The van der Waals surface area contributed by atoms with Crippen molar-refractivity contribution in [2.24, 2.45) is 0 Å². The molecule has 2 rings (SSSR count). The normalized spacial score (nSPS) is 15.6. The number of aromatic amines is 1. The monoisotopic (exact) mass is 320 g/mol. The molecule has 0 aliphatic carbocycles. The zero-order valence-corrected chi connectivity index (χ0v) is 13.9. The van der Waals surface area contributed by atoms with E-state index in [1.165, 1.54) is 0 Å². The minimum absolute atomic E-state index is 0.140. The molecule has 3 N–H and O–H groups in total. The fourth-order valence-corrected chi connectivity index (χ4v) is 2.82. The Balaban J connectivity index is 1.83. The van der Waals surface area contributed by atoms with Gasteiger partial charge in [0.2, 0.25) is 5.91 Å². The van der Waals surface area contributed by atoms with Gasteiger partial charge in [-0.3, -0.25) is 9.59 Å². The minimum atomic E-state index is -0.344. The molecule has 0 saturated carbocycles. The van der Waals surface area contributed by atoms with Crippen molar-refractivity contribution in [3.8, 4) is 0 Å². The second-order valence-corrected chi connectivity index (χ2v) is 6.11. The van der Waals surface area contributed by atoms with Gasteiger partial charge >= 0.3 is 6.03 Å². The first kappa shape index (κ1) is 17.1. The number of urea groups is 1. The van der Waals surface area contributed by atoms with Gasteiger partial charge in [-0.2, -0.15) is 0 Å². The highest BCUT2D eigenvalue weighted by atomic mass is 16.2. The van der Waals surface area contributed by atoms with Gasteiger partial charge in [-0.1, -0.05) is 0 Å². The van der Waals surface area contributed by atoms with Crippen LogP contribution < -0.4 is 16.2 Å². The molecule has 0 spiro atoms. The van der Waals surface area contributed by atoms with Gasteiger partial charge < -0.3 is 20.5 Å². The Hall–Kier alpha value is -2.31. The highest BCUT2D eigenvalue weighted by Crippen LogP contribution is 2.09. The van der Waals surface area contributed by atoms with Gasteiger partial charge in [0.1, 0.15) is 0 Å². The number of hydrogen-bond acceptors (Lipinski definition) is 3. The molecule has 1 aromatic heterocycles. The smallest absolute Gasteiger partial charge is 0.315 e. The Morgan fingerprint density at radius 3 is 2.74 bits per heavy atom. The van der Waals surface area contributed by atoms with Crippen molar-refractivity contribution in [1.29, 1.82) is 0 Å². The third-order valence-corrected chi connectivity index (χ3v) is 3.96. The van der Waals surface area contributed by atoms with Gasteiger partial charge in [0.15, 0.2) is 0 Å². The van der Waals surface area contributed by atoms with Crippen molar-refractivity contribution >= 4 is 11.9 Å². The molecule has 1 aliphatic rings. The van der Waals surface area contributed by atoms with Gasteiger partial charge in [-0.25, -0.2) is 4.79 Å². The Morgan fingerprint density at radius 2 is 2.13 bits per heavy atom. The summed E-state index contributed by atoms with van der Waals surface area (Å²) < 4.78 is 0. The van der Waals surface area contributed by atoms with Crippen molar-refractivity contribution < 1.29 is 9.59 Å². The largest absolute Gasteiger partial charge is 0.341 e. The summed E-state index contributed by atoms with van der Waals surface area (Å²) in [4.78, 5) is 39.9. The molecule has 7 nitrogen and oxygen atoms in total. The molecule has 1 aliphatic heterocycles. The van der Waals surface area contributed by atoms with E-state index >= 15 is 0 Å². The maximum Gasteiger partial charge on any atom is 0.315 e. The van der Waals surface area contributed by atoms with E-state index in [-0.39, 0.29) is 30.1 Å². The topological polar surface area (TPSA) is 94.3 Å². The van der Waals surface area contributed by atoms with Crippen LogP contribution in [0.25, 0.3) is 0 Å². The lowest BCUT2D eigenvalue weighted by Crippen LogP contribution is -2.46. The third kappa shape index (κ3) is 4.58. The van der Waals surface area contributed by atoms with Crippen LogP contribution in [0.2, 0.25) is 0 Å². The summed E-state index contributed by atoms with van der Waals surface area (Å²) in [7, 11) is 0. The highest BCUT2D eigenvalue weighted by Gasteiger charge is 2.22. The Morgan fingerprint density at radius 1 is 1.39 bits per heavy atom. The summed E-state index contributed by atoms with van der Waals surface area (Å²) in [5, 5.41) is 5.49. The molecule has 126 valence electrons. The summed E-state index contributed by atoms with van der Waals surface area (Å²) in [6.07, 6.45) is 1.47. The van der Waals surface area contributed by atoms with E-state index in [1.807, 2.05) is 26.8 Å². The third-order valence-electron chi connectivity index (χ3n) is 3.96. The van der Waals surface area contributed by atoms with Crippen LogP contribution in [0, 0.1) is 13.8 Å². The number of carbonyl (C=O) groups excluding carboxylic acids is 2. The van der Waals surface area contributed by atoms with E-state index in [2.05, 4.69) is 15.6 Å². The first-order valence-electron chi connectivity index (χ1n) is 7.88. The molecule has 1 saturated heterocycles. The Kier molecular flexibility index (Phi) is 5.41. The van der Waals surface area contributed by atoms with Crippen LogP contribution in [0.4, 0.5) is 4.79 Å². The maximum atomic E-state index is 11.9. The molecule has 1 aromatic rings. The molecule has 3 amide bonds. The molecule has 0 aromatic carbocycles. The number of nitrogens with one attached hydrogen (secondary N) is 3. The van der Waals surface area contributed by atoms with Gasteiger partial charge in [0.05, 0.1) is 6.54 Å². The maximum absolute atomic E-state index is 11.9. The number of hydrogen-bond donors (Lipinski definition) is 3. The molecule has 1 atom stereocenters. The summed E-state index contributed by atoms with van der Waals surface area (Å²) in [6.45, 7) is 6.96. The van der Waals surface area contributed by atoms with Crippen LogP contribution in [-0.4, -0.2) is 41.0 Å².